The molecule has 0 saturated heterocycles. The first-order valence-corrected chi connectivity index (χ1v) is 8.83. The summed E-state index contributed by atoms with van der Waals surface area (Å²) in [6.45, 7) is 1.07. The lowest BCUT2D eigenvalue weighted by molar-refractivity contribution is -0.0192. The third-order valence-corrected chi connectivity index (χ3v) is 6.25. The topological polar surface area (TPSA) is 47.3 Å². The molecule has 0 aliphatic heterocycles. The molecule has 3 nitrogen and oxygen atoms in total. The highest BCUT2D eigenvalue weighted by molar-refractivity contribution is 5.54. The third-order valence-electron chi connectivity index (χ3n) is 6.25. The molecular formula is C19H28N2O. The normalized spacial score (nSPS) is 35.8. The maximum atomic E-state index is 6.00. The lowest BCUT2D eigenvalue weighted by Crippen LogP contribution is -2.58. The molecule has 0 unspecified atom stereocenters. The van der Waals surface area contributed by atoms with Gasteiger partial charge >= 0.3 is 0 Å². The number of nitrogen functional groups attached to an aromatic ring is 1. The Morgan fingerprint density at radius 2 is 1.77 bits per heavy atom. The van der Waals surface area contributed by atoms with Gasteiger partial charge in [-0.05, 0) is 86.9 Å². The number of hydrogen-bond donors (Lipinski definition) is 2. The van der Waals surface area contributed by atoms with E-state index in [1.165, 1.54) is 44.1 Å². The molecule has 4 fully saturated rings. The van der Waals surface area contributed by atoms with Gasteiger partial charge in [-0.15, -0.1) is 0 Å². The number of ether oxygens (including phenoxy) is 1. The van der Waals surface area contributed by atoms with Crippen molar-refractivity contribution in [1.29, 1.82) is 0 Å². The molecule has 4 saturated carbocycles. The van der Waals surface area contributed by atoms with E-state index in [1.807, 2.05) is 6.07 Å². The Hall–Kier alpha value is -1.22. The Labute approximate surface area is 133 Å². The summed E-state index contributed by atoms with van der Waals surface area (Å²) in [5, 5.41) is 3.95. The highest BCUT2D eigenvalue weighted by Gasteiger charge is 2.50. The van der Waals surface area contributed by atoms with Crippen molar-refractivity contribution in [1.82, 2.24) is 5.32 Å². The summed E-state index contributed by atoms with van der Waals surface area (Å²) in [6, 6.07) is 6.17. The number of nitrogens with one attached hydrogen (secondary N) is 1. The van der Waals surface area contributed by atoms with Crippen molar-refractivity contribution < 1.29 is 4.74 Å². The molecule has 0 heterocycles. The van der Waals surface area contributed by atoms with Gasteiger partial charge in [0.1, 0.15) is 5.75 Å². The van der Waals surface area contributed by atoms with E-state index in [2.05, 4.69) is 17.4 Å². The Balaban J connectivity index is 1.36. The molecule has 120 valence electrons. The van der Waals surface area contributed by atoms with Gasteiger partial charge in [0.15, 0.2) is 0 Å². The van der Waals surface area contributed by atoms with E-state index in [4.69, 9.17) is 10.5 Å². The van der Waals surface area contributed by atoms with Gasteiger partial charge in [0, 0.05) is 5.54 Å². The summed E-state index contributed by atoms with van der Waals surface area (Å²) in [7, 11) is 1.67. The molecule has 0 aromatic heterocycles. The van der Waals surface area contributed by atoms with Gasteiger partial charge in [-0.1, -0.05) is 6.07 Å². The molecule has 0 radical (unpaired) electrons. The van der Waals surface area contributed by atoms with Crippen LogP contribution >= 0.6 is 0 Å². The zero-order chi connectivity index (χ0) is 15.2. The number of benzene rings is 1. The minimum atomic E-state index is 0.465. The molecule has 3 N–H and O–H groups in total. The van der Waals surface area contributed by atoms with E-state index < -0.39 is 0 Å². The van der Waals surface area contributed by atoms with Crippen molar-refractivity contribution in [3.8, 4) is 5.75 Å². The van der Waals surface area contributed by atoms with Gasteiger partial charge in [0.25, 0.3) is 0 Å². The van der Waals surface area contributed by atoms with Crippen LogP contribution in [0.25, 0.3) is 0 Å². The molecule has 5 rings (SSSR count). The second kappa shape index (κ2) is 5.45. The standard InChI is InChI=1S/C19H28N2O/c1-22-18-3-2-13(9-17(18)20)4-5-21-19-10-14-6-15(11-19)8-16(7-14)12-19/h2-3,9,14-16,21H,4-8,10-12,20H2,1H3. The fraction of sp³-hybridized carbons (Fsp3) is 0.684. The average molecular weight is 300 g/mol. The van der Waals surface area contributed by atoms with Crippen molar-refractivity contribution in [2.24, 2.45) is 17.8 Å². The van der Waals surface area contributed by atoms with Crippen LogP contribution in [-0.4, -0.2) is 19.2 Å². The molecule has 1 aromatic carbocycles. The van der Waals surface area contributed by atoms with Crippen LogP contribution in [0.5, 0.6) is 5.75 Å². The fourth-order valence-electron chi connectivity index (χ4n) is 5.74. The van der Waals surface area contributed by atoms with Crippen LogP contribution in [0.2, 0.25) is 0 Å². The zero-order valence-electron chi connectivity index (χ0n) is 13.6. The van der Waals surface area contributed by atoms with Crippen LogP contribution in [0.3, 0.4) is 0 Å². The smallest absolute Gasteiger partial charge is 0.141 e. The van der Waals surface area contributed by atoms with Crippen LogP contribution in [0, 0.1) is 17.8 Å². The summed E-state index contributed by atoms with van der Waals surface area (Å²) in [4.78, 5) is 0. The summed E-state index contributed by atoms with van der Waals surface area (Å²) in [6.07, 6.45) is 9.84. The predicted octanol–water partition coefficient (Wildman–Crippen LogP) is 3.38. The first-order valence-electron chi connectivity index (χ1n) is 8.83. The highest BCUT2D eigenvalue weighted by atomic mass is 16.5. The minimum Gasteiger partial charge on any atom is -0.495 e. The number of rotatable bonds is 5. The predicted molar refractivity (Wildman–Crippen MR) is 90.0 cm³/mol. The van der Waals surface area contributed by atoms with Crippen LogP contribution in [0.1, 0.15) is 44.1 Å². The summed E-state index contributed by atoms with van der Waals surface area (Å²) >= 11 is 0. The zero-order valence-corrected chi connectivity index (χ0v) is 13.6. The van der Waals surface area contributed by atoms with Gasteiger partial charge in [0.05, 0.1) is 12.8 Å². The molecule has 0 amide bonds. The van der Waals surface area contributed by atoms with Gasteiger partial charge in [0.2, 0.25) is 0 Å². The number of hydrogen-bond acceptors (Lipinski definition) is 3. The second-order valence-electron chi connectivity index (χ2n) is 7.95. The van der Waals surface area contributed by atoms with Crippen molar-refractivity contribution >= 4 is 5.69 Å². The van der Waals surface area contributed by atoms with E-state index in [0.717, 1.165) is 42.2 Å². The lowest BCUT2D eigenvalue weighted by atomic mass is 9.53. The lowest BCUT2D eigenvalue weighted by Gasteiger charge is -2.57. The first kappa shape index (κ1) is 14.4. The Kier molecular flexibility index (Phi) is 3.56. The second-order valence-corrected chi connectivity index (χ2v) is 7.95. The van der Waals surface area contributed by atoms with E-state index in [1.54, 1.807) is 7.11 Å². The van der Waals surface area contributed by atoms with Crippen LogP contribution < -0.4 is 15.8 Å². The SMILES string of the molecule is COc1ccc(CCNC23CC4CC(CC(C4)C2)C3)cc1N. The molecule has 22 heavy (non-hydrogen) atoms. The maximum Gasteiger partial charge on any atom is 0.141 e. The molecular weight excluding hydrogens is 272 g/mol. The molecule has 4 aliphatic rings. The molecule has 4 aliphatic carbocycles. The quantitative estimate of drug-likeness (QED) is 0.820. The van der Waals surface area contributed by atoms with Crippen LogP contribution in [-0.2, 0) is 6.42 Å². The Morgan fingerprint density at radius 1 is 1.14 bits per heavy atom. The first-order chi connectivity index (χ1) is 10.7. The van der Waals surface area contributed by atoms with Crippen molar-refractivity contribution in [2.45, 2.75) is 50.5 Å². The highest BCUT2D eigenvalue weighted by Crippen LogP contribution is 2.55. The van der Waals surface area contributed by atoms with Crippen LogP contribution in [0.4, 0.5) is 5.69 Å². The molecule has 0 spiro atoms. The minimum absolute atomic E-state index is 0.465. The third kappa shape index (κ3) is 2.60. The molecule has 1 aromatic rings. The molecule has 4 bridgehead atoms. The fourth-order valence-corrected chi connectivity index (χ4v) is 5.74. The van der Waals surface area contributed by atoms with Crippen molar-refractivity contribution in [2.75, 3.05) is 19.4 Å². The summed E-state index contributed by atoms with van der Waals surface area (Å²) < 4.78 is 5.23. The van der Waals surface area contributed by atoms with E-state index in [0.29, 0.717) is 5.54 Å². The maximum absolute atomic E-state index is 6.00. The van der Waals surface area contributed by atoms with Gasteiger partial charge in [-0.25, -0.2) is 0 Å². The van der Waals surface area contributed by atoms with E-state index >= 15 is 0 Å². The van der Waals surface area contributed by atoms with Gasteiger partial charge < -0.3 is 15.8 Å². The Bertz CT molecular complexity index is 519. The van der Waals surface area contributed by atoms with E-state index in [-0.39, 0.29) is 0 Å². The largest absolute Gasteiger partial charge is 0.495 e. The van der Waals surface area contributed by atoms with Gasteiger partial charge in [-0.3, -0.25) is 0 Å². The average Bonchev–Trinajstić information content (AvgIpc) is 2.46. The molecule has 3 heteroatoms. The van der Waals surface area contributed by atoms with E-state index in [9.17, 15) is 0 Å². The van der Waals surface area contributed by atoms with Crippen molar-refractivity contribution in [3.05, 3.63) is 23.8 Å². The summed E-state index contributed by atoms with van der Waals surface area (Å²) in [5.74, 6) is 3.80. The summed E-state index contributed by atoms with van der Waals surface area (Å²) in [5.41, 5.74) is 8.52. The number of nitrogens with two attached hydrogens (primary N) is 1. The number of methoxy groups -OCH3 is 1. The van der Waals surface area contributed by atoms with Crippen LogP contribution in [0.15, 0.2) is 18.2 Å². The molecule has 0 atom stereocenters. The number of anilines is 1. The Morgan fingerprint density at radius 3 is 2.32 bits per heavy atom. The van der Waals surface area contributed by atoms with Crippen molar-refractivity contribution in [3.63, 3.8) is 0 Å². The van der Waals surface area contributed by atoms with Gasteiger partial charge in [-0.2, -0.15) is 0 Å². The monoisotopic (exact) mass is 300 g/mol.